The largest absolute Gasteiger partial charge is 0.330 e. The zero-order valence-corrected chi connectivity index (χ0v) is 7.92. The van der Waals surface area contributed by atoms with Crippen LogP contribution in [0.2, 0.25) is 0 Å². The van der Waals surface area contributed by atoms with Crippen molar-refractivity contribution >= 4 is 0 Å². The van der Waals surface area contributed by atoms with E-state index in [1.165, 1.54) is 19.3 Å². The highest BCUT2D eigenvalue weighted by atomic mass is 14.7. The lowest BCUT2D eigenvalue weighted by molar-refractivity contribution is 0.162. The van der Waals surface area contributed by atoms with Gasteiger partial charge in [0.05, 0.1) is 0 Å². The van der Waals surface area contributed by atoms with Crippen LogP contribution in [-0.4, -0.2) is 13.1 Å². The number of rotatable bonds is 2. The standard InChI is InChI=1S/C10H20N2/c1-10(6-12)4-7-2-9(10)3-8(7)5-11/h7-9H,2-6,11-12H2,1H3. The fourth-order valence-corrected chi connectivity index (χ4v) is 3.34. The molecule has 2 heteroatoms. The van der Waals surface area contributed by atoms with Crippen molar-refractivity contribution in [3.05, 3.63) is 0 Å². The number of fused-ring (bicyclic) bond motifs is 2. The zero-order valence-electron chi connectivity index (χ0n) is 7.92. The van der Waals surface area contributed by atoms with Crippen LogP contribution in [0.5, 0.6) is 0 Å². The van der Waals surface area contributed by atoms with Gasteiger partial charge in [-0.1, -0.05) is 6.92 Å². The van der Waals surface area contributed by atoms with Gasteiger partial charge in [-0.05, 0) is 55.5 Å². The molecule has 2 nitrogen and oxygen atoms in total. The molecule has 0 aliphatic heterocycles. The monoisotopic (exact) mass is 168 g/mol. The topological polar surface area (TPSA) is 52.0 Å². The van der Waals surface area contributed by atoms with Crippen LogP contribution in [0.15, 0.2) is 0 Å². The molecular formula is C10H20N2. The first kappa shape index (κ1) is 8.52. The highest BCUT2D eigenvalue weighted by Gasteiger charge is 2.50. The molecule has 2 aliphatic carbocycles. The van der Waals surface area contributed by atoms with Gasteiger partial charge in [0.1, 0.15) is 0 Å². The first-order chi connectivity index (χ1) is 5.69. The molecule has 0 amide bonds. The Bertz CT molecular complexity index is 181. The minimum atomic E-state index is 0.455. The average molecular weight is 168 g/mol. The highest BCUT2D eigenvalue weighted by Crippen LogP contribution is 2.57. The third-order valence-corrected chi connectivity index (χ3v) is 4.32. The van der Waals surface area contributed by atoms with Crippen molar-refractivity contribution in [1.29, 1.82) is 0 Å². The van der Waals surface area contributed by atoms with E-state index in [0.29, 0.717) is 5.41 Å². The molecule has 2 aliphatic rings. The maximum atomic E-state index is 5.81. The van der Waals surface area contributed by atoms with Gasteiger partial charge < -0.3 is 11.5 Å². The van der Waals surface area contributed by atoms with Crippen LogP contribution in [0.3, 0.4) is 0 Å². The molecule has 2 bridgehead atoms. The van der Waals surface area contributed by atoms with E-state index in [9.17, 15) is 0 Å². The van der Waals surface area contributed by atoms with Gasteiger partial charge in [0.2, 0.25) is 0 Å². The normalized spacial score (nSPS) is 51.8. The first-order valence-electron chi connectivity index (χ1n) is 5.10. The van der Waals surface area contributed by atoms with Gasteiger partial charge in [-0.2, -0.15) is 0 Å². The lowest BCUT2D eigenvalue weighted by Crippen LogP contribution is -2.36. The van der Waals surface area contributed by atoms with Crippen LogP contribution in [-0.2, 0) is 0 Å². The molecule has 0 aromatic carbocycles. The Balaban J connectivity index is 2.07. The fourth-order valence-electron chi connectivity index (χ4n) is 3.34. The molecular weight excluding hydrogens is 148 g/mol. The zero-order chi connectivity index (χ0) is 8.77. The van der Waals surface area contributed by atoms with Crippen LogP contribution in [0.25, 0.3) is 0 Å². The van der Waals surface area contributed by atoms with E-state index < -0.39 is 0 Å². The maximum Gasteiger partial charge on any atom is -0.00204 e. The Morgan fingerprint density at radius 1 is 1.33 bits per heavy atom. The Morgan fingerprint density at radius 2 is 2.08 bits per heavy atom. The third-order valence-electron chi connectivity index (χ3n) is 4.32. The van der Waals surface area contributed by atoms with Gasteiger partial charge in [-0.3, -0.25) is 0 Å². The molecule has 2 fully saturated rings. The molecule has 0 aromatic rings. The second-order valence-electron chi connectivity index (χ2n) is 4.99. The molecule has 0 heterocycles. The molecule has 4 N–H and O–H groups in total. The van der Waals surface area contributed by atoms with E-state index in [2.05, 4.69) is 6.92 Å². The summed E-state index contributed by atoms with van der Waals surface area (Å²) in [5.74, 6) is 2.59. The van der Waals surface area contributed by atoms with Crippen LogP contribution in [0, 0.1) is 23.2 Å². The average Bonchev–Trinajstić information content (AvgIpc) is 2.60. The van der Waals surface area contributed by atoms with Crippen LogP contribution in [0.1, 0.15) is 26.2 Å². The number of hydrogen-bond acceptors (Lipinski definition) is 2. The fraction of sp³-hybridized carbons (Fsp3) is 1.00. The van der Waals surface area contributed by atoms with Gasteiger partial charge in [-0.25, -0.2) is 0 Å². The molecule has 2 rings (SSSR count). The molecule has 0 saturated heterocycles. The number of hydrogen-bond donors (Lipinski definition) is 2. The van der Waals surface area contributed by atoms with Crippen molar-refractivity contribution in [2.45, 2.75) is 26.2 Å². The van der Waals surface area contributed by atoms with Crippen LogP contribution < -0.4 is 11.5 Å². The van der Waals surface area contributed by atoms with Crippen LogP contribution >= 0.6 is 0 Å². The summed E-state index contributed by atoms with van der Waals surface area (Å²) in [5, 5.41) is 0. The summed E-state index contributed by atoms with van der Waals surface area (Å²) >= 11 is 0. The van der Waals surface area contributed by atoms with Gasteiger partial charge in [0, 0.05) is 0 Å². The minimum Gasteiger partial charge on any atom is -0.330 e. The van der Waals surface area contributed by atoms with E-state index >= 15 is 0 Å². The molecule has 12 heavy (non-hydrogen) atoms. The molecule has 4 unspecified atom stereocenters. The summed E-state index contributed by atoms with van der Waals surface area (Å²) in [5.41, 5.74) is 12.0. The van der Waals surface area contributed by atoms with Crippen molar-refractivity contribution in [2.24, 2.45) is 34.6 Å². The summed E-state index contributed by atoms with van der Waals surface area (Å²) in [7, 11) is 0. The smallest absolute Gasteiger partial charge is 0.00204 e. The molecule has 70 valence electrons. The highest BCUT2D eigenvalue weighted by molar-refractivity contribution is 5.02. The SMILES string of the molecule is CC1(CN)CC2CC1CC2CN. The van der Waals surface area contributed by atoms with Gasteiger partial charge in [-0.15, -0.1) is 0 Å². The van der Waals surface area contributed by atoms with Crippen molar-refractivity contribution in [3.8, 4) is 0 Å². The summed E-state index contributed by atoms with van der Waals surface area (Å²) in [6.45, 7) is 4.11. The van der Waals surface area contributed by atoms with E-state index in [4.69, 9.17) is 11.5 Å². The quantitative estimate of drug-likeness (QED) is 0.645. The van der Waals surface area contributed by atoms with Crippen molar-refractivity contribution < 1.29 is 0 Å². The van der Waals surface area contributed by atoms with Gasteiger partial charge >= 0.3 is 0 Å². The van der Waals surface area contributed by atoms with Crippen LogP contribution in [0.4, 0.5) is 0 Å². The molecule has 0 spiro atoms. The third kappa shape index (κ3) is 1.01. The van der Waals surface area contributed by atoms with E-state index in [1.807, 2.05) is 0 Å². The summed E-state index contributed by atoms with van der Waals surface area (Å²) < 4.78 is 0. The summed E-state index contributed by atoms with van der Waals surface area (Å²) in [6, 6.07) is 0. The predicted molar refractivity (Wildman–Crippen MR) is 50.5 cm³/mol. The Labute approximate surface area is 74.7 Å². The van der Waals surface area contributed by atoms with Gasteiger partial charge in [0.25, 0.3) is 0 Å². The predicted octanol–water partition coefficient (Wildman–Crippen LogP) is 0.956. The lowest BCUT2D eigenvalue weighted by Gasteiger charge is -2.35. The maximum absolute atomic E-state index is 5.81. The molecule has 0 aromatic heterocycles. The molecule has 2 saturated carbocycles. The summed E-state index contributed by atoms with van der Waals surface area (Å²) in [6.07, 6.45) is 4.07. The van der Waals surface area contributed by atoms with E-state index in [-0.39, 0.29) is 0 Å². The Hall–Kier alpha value is -0.0800. The van der Waals surface area contributed by atoms with E-state index in [1.54, 1.807) is 0 Å². The van der Waals surface area contributed by atoms with Crippen molar-refractivity contribution in [2.75, 3.05) is 13.1 Å². The Kier molecular flexibility index (Phi) is 1.92. The van der Waals surface area contributed by atoms with Crippen molar-refractivity contribution in [3.63, 3.8) is 0 Å². The molecule has 4 atom stereocenters. The number of nitrogens with two attached hydrogens (primary N) is 2. The Morgan fingerprint density at radius 3 is 2.50 bits per heavy atom. The minimum absolute atomic E-state index is 0.455. The first-order valence-corrected chi connectivity index (χ1v) is 5.10. The summed E-state index contributed by atoms with van der Waals surface area (Å²) in [4.78, 5) is 0. The van der Waals surface area contributed by atoms with Gasteiger partial charge in [0.15, 0.2) is 0 Å². The van der Waals surface area contributed by atoms with Crippen molar-refractivity contribution in [1.82, 2.24) is 0 Å². The second-order valence-corrected chi connectivity index (χ2v) is 4.99. The lowest BCUT2D eigenvalue weighted by atomic mass is 9.71. The molecule has 0 radical (unpaired) electrons. The van der Waals surface area contributed by atoms with E-state index in [0.717, 1.165) is 30.8 Å². The second kappa shape index (κ2) is 2.71.